The molecule has 4 rings (SSSR count). The molecule has 0 spiro atoms. The summed E-state index contributed by atoms with van der Waals surface area (Å²) in [6, 6.07) is 5.14. The Labute approximate surface area is 156 Å². The van der Waals surface area contributed by atoms with Crippen LogP contribution in [0.5, 0.6) is 0 Å². The molecule has 0 bridgehead atoms. The van der Waals surface area contributed by atoms with Crippen molar-refractivity contribution in [1.82, 2.24) is 14.3 Å². The first kappa shape index (κ1) is 17.9. The van der Waals surface area contributed by atoms with Gasteiger partial charge in [-0.1, -0.05) is 6.07 Å². The van der Waals surface area contributed by atoms with Crippen LogP contribution in [-0.2, 0) is 4.74 Å². The van der Waals surface area contributed by atoms with Crippen molar-refractivity contribution in [2.45, 2.75) is 12.8 Å². The van der Waals surface area contributed by atoms with Gasteiger partial charge < -0.3 is 9.64 Å². The van der Waals surface area contributed by atoms with Crippen LogP contribution in [0.15, 0.2) is 29.2 Å². The van der Waals surface area contributed by atoms with Gasteiger partial charge in [-0.25, -0.2) is 4.98 Å². The first-order valence-electron chi connectivity index (χ1n) is 9.34. The van der Waals surface area contributed by atoms with Crippen molar-refractivity contribution in [3.05, 3.63) is 44.9 Å². The summed E-state index contributed by atoms with van der Waals surface area (Å²) in [6.45, 7) is 5.65. The van der Waals surface area contributed by atoms with E-state index < -0.39 is 16.2 Å². The van der Waals surface area contributed by atoms with Crippen LogP contribution >= 0.6 is 0 Å². The van der Waals surface area contributed by atoms with Crippen LogP contribution in [0.25, 0.3) is 5.65 Å². The molecule has 9 nitrogen and oxygen atoms in total. The number of nitrogens with zero attached hydrogens (tertiary/aromatic N) is 5. The molecule has 0 amide bonds. The van der Waals surface area contributed by atoms with Gasteiger partial charge in [-0.05, 0) is 30.9 Å². The number of hydrogen-bond acceptors (Lipinski definition) is 7. The predicted molar refractivity (Wildman–Crippen MR) is 100 cm³/mol. The third-order valence-electron chi connectivity index (χ3n) is 5.31. The van der Waals surface area contributed by atoms with Crippen molar-refractivity contribution in [1.29, 1.82) is 0 Å². The van der Waals surface area contributed by atoms with Crippen LogP contribution in [0.1, 0.15) is 12.8 Å². The molecule has 4 heterocycles. The van der Waals surface area contributed by atoms with Gasteiger partial charge in [0, 0.05) is 38.9 Å². The first-order chi connectivity index (χ1) is 13.1. The minimum atomic E-state index is -0.629. The van der Waals surface area contributed by atoms with Crippen LogP contribution in [0.3, 0.4) is 0 Å². The summed E-state index contributed by atoms with van der Waals surface area (Å²) in [5.74, 6) is 0.593. The number of nitro groups is 1. The second-order valence-electron chi connectivity index (χ2n) is 7.14. The summed E-state index contributed by atoms with van der Waals surface area (Å²) >= 11 is 0. The van der Waals surface area contributed by atoms with Crippen molar-refractivity contribution in [3.63, 3.8) is 0 Å². The van der Waals surface area contributed by atoms with Gasteiger partial charge in [-0.3, -0.25) is 24.2 Å². The van der Waals surface area contributed by atoms with Crippen molar-refractivity contribution in [2.24, 2.45) is 5.92 Å². The van der Waals surface area contributed by atoms with Gasteiger partial charge in [0.15, 0.2) is 0 Å². The van der Waals surface area contributed by atoms with Gasteiger partial charge in [0.2, 0.25) is 5.82 Å². The van der Waals surface area contributed by atoms with Gasteiger partial charge in [0.1, 0.15) is 5.65 Å². The predicted octanol–water partition coefficient (Wildman–Crippen LogP) is 1.15. The van der Waals surface area contributed by atoms with Crippen LogP contribution in [0.2, 0.25) is 0 Å². The molecular formula is C18H23N5O4. The molecule has 2 aliphatic heterocycles. The van der Waals surface area contributed by atoms with Crippen LogP contribution in [0, 0.1) is 16.0 Å². The van der Waals surface area contributed by atoms with Crippen molar-refractivity contribution in [3.8, 4) is 0 Å². The van der Waals surface area contributed by atoms with E-state index >= 15 is 0 Å². The largest absolute Gasteiger partial charge is 0.379 e. The number of fused-ring (bicyclic) bond motifs is 1. The lowest BCUT2D eigenvalue weighted by molar-refractivity contribution is -0.385. The fourth-order valence-electron chi connectivity index (χ4n) is 4.00. The van der Waals surface area contributed by atoms with Crippen molar-refractivity contribution < 1.29 is 9.66 Å². The quantitative estimate of drug-likeness (QED) is 0.586. The van der Waals surface area contributed by atoms with Gasteiger partial charge >= 0.3 is 11.2 Å². The SMILES string of the molecule is O=c1c([N+](=O)[O-])c(N2CCCC(CN3CCOCC3)C2)nc2ccccn12. The molecule has 9 heteroatoms. The molecule has 27 heavy (non-hydrogen) atoms. The Morgan fingerprint density at radius 1 is 1.26 bits per heavy atom. The second-order valence-corrected chi connectivity index (χ2v) is 7.14. The Hall–Kier alpha value is -2.52. The maximum atomic E-state index is 12.7. The minimum absolute atomic E-state index is 0.197. The summed E-state index contributed by atoms with van der Waals surface area (Å²) < 4.78 is 6.63. The molecule has 2 aromatic heterocycles. The van der Waals surface area contributed by atoms with Crippen molar-refractivity contribution >= 4 is 17.2 Å². The lowest BCUT2D eigenvalue weighted by atomic mass is 9.97. The summed E-state index contributed by atoms with van der Waals surface area (Å²) in [5, 5.41) is 11.6. The molecule has 2 aromatic rings. The minimum Gasteiger partial charge on any atom is -0.379 e. The molecule has 2 aliphatic rings. The number of morpholine rings is 1. The Balaban J connectivity index is 1.63. The lowest BCUT2D eigenvalue weighted by Crippen LogP contribution is -2.45. The smallest absolute Gasteiger partial charge is 0.376 e. The maximum absolute atomic E-state index is 12.7. The van der Waals surface area contributed by atoms with Gasteiger partial charge in [0.05, 0.1) is 18.1 Å². The summed E-state index contributed by atoms with van der Waals surface area (Å²) in [4.78, 5) is 32.5. The molecule has 0 radical (unpaired) electrons. The molecule has 0 aromatic carbocycles. The maximum Gasteiger partial charge on any atom is 0.376 e. The lowest BCUT2D eigenvalue weighted by Gasteiger charge is -2.37. The number of anilines is 1. The highest BCUT2D eigenvalue weighted by molar-refractivity contribution is 5.61. The molecule has 0 saturated carbocycles. The number of hydrogen-bond donors (Lipinski definition) is 0. The zero-order chi connectivity index (χ0) is 18.8. The van der Waals surface area contributed by atoms with E-state index in [2.05, 4.69) is 9.88 Å². The molecule has 144 valence electrons. The molecule has 2 saturated heterocycles. The average molecular weight is 373 g/mol. The summed E-state index contributed by atoms with van der Waals surface area (Å²) in [6.07, 6.45) is 3.52. The molecule has 1 unspecified atom stereocenters. The second kappa shape index (κ2) is 7.61. The molecule has 1 atom stereocenters. The number of ether oxygens (including phenoxy) is 1. The van der Waals surface area contributed by atoms with Gasteiger partial charge in [0.25, 0.3) is 0 Å². The zero-order valence-electron chi connectivity index (χ0n) is 15.1. The molecule has 0 N–H and O–H groups in total. The Bertz CT molecular complexity index is 893. The number of aromatic nitrogens is 2. The molecule has 0 aliphatic carbocycles. The van der Waals surface area contributed by atoms with E-state index in [0.717, 1.165) is 45.7 Å². The highest BCUT2D eigenvalue weighted by Gasteiger charge is 2.31. The standard InChI is InChI=1S/C18H23N5O4/c24-18-16(23(25)26)17(19-15-5-1-2-7-22(15)18)21-6-3-4-14(13-21)12-20-8-10-27-11-9-20/h1-2,5,7,14H,3-4,6,8-13H2. The van der Waals surface area contributed by atoms with E-state index in [9.17, 15) is 14.9 Å². The van der Waals surface area contributed by atoms with Crippen LogP contribution in [0.4, 0.5) is 11.5 Å². The first-order valence-corrected chi connectivity index (χ1v) is 9.34. The van der Waals surface area contributed by atoms with E-state index in [0.29, 0.717) is 24.7 Å². The summed E-state index contributed by atoms with van der Waals surface area (Å²) in [7, 11) is 0. The number of piperidine rings is 1. The van der Waals surface area contributed by atoms with Gasteiger partial charge in [-0.2, -0.15) is 0 Å². The average Bonchev–Trinajstić information content (AvgIpc) is 2.68. The summed E-state index contributed by atoms with van der Waals surface area (Å²) in [5.41, 5.74) is -0.639. The topological polar surface area (TPSA) is 93.2 Å². The molecular weight excluding hydrogens is 350 g/mol. The Morgan fingerprint density at radius 2 is 2.07 bits per heavy atom. The third kappa shape index (κ3) is 3.65. The van der Waals surface area contributed by atoms with Crippen LogP contribution < -0.4 is 10.5 Å². The van der Waals surface area contributed by atoms with E-state index in [1.807, 2.05) is 4.90 Å². The number of pyridine rings is 1. The fourth-order valence-corrected chi connectivity index (χ4v) is 4.00. The molecule has 2 fully saturated rings. The van der Waals surface area contributed by atoms with E-state index in [1.165, 1.54) is 10.6 Å². The highest BCUT2D eigenvalue weighted by atomic mass is 16.6. The van der Waals surface area contributed by atoms with E-state index in [4.69, 9.17) is 4.74 Å². The Morgan fingerprint density at radius 3 is 2.85 bits per heavy atom. The Kier molecular flexibility index (Phi) is 5.04. The fraction of sp³-hybridized carbons (Fsp3) is 0.556. The van der Waals surface area contributed by atoms with E-state index in [1.54, 1.807) is 18.2 Å². The third-order valence-corrected chi connectivity index (χ3v) is 5.31. The number of rotatable bonds is 4. The highest BCUT2D eigenvalue weighted by Crippen LogP contribution is 2.28. The zero-order valence-corrected chi connectivity index (χ0v) is 15.1. The van der Waals surface area contributed by atoms with Crippen molar-refractivity contribution in [2.75, 3.05) is 50.8 Å². The van der Waals surface area contributed by atoms with E-state index in [-0.39, 0.29) is 5.82 Å². The monoisotopic (exact) mass is 373 g/mol. The van der Waals surface area contributed by atoms with Crippen LogP contribution in [-0.4, -0.2) is 65.1 Å². The van der Waals surface area contributed by atoms with Gasteiger partial charge in [-0.15, -0.1) is 0 Å². The normalized spacial score (nSPS) is 21.5.